The van der Waals surface area contributed by atoms with Crippen LogP contribution in [0.4, 0.5) is 0 Å². The number of fused-ring (bicyclic) bond motifs is 1. The number of nitrogens with zero attached hydrogens (tertiary/aromatic N) is 1. The lowest BCUT2D eigenvalue weighted by Crippen LogP contribution is -2.41. The van der Waals surface area contributed by atoms with E-state index in [9.17, 15) is 0 Å². The van der Waals surface area contributed by atoms with Crippen LogP contribution in [0.15, 0.2) is 42.5 Å². The van der Waals surface area contributed by atoms with Crippen molar-refractivity contribution >= 4 is 10.8 Å². The number of nitrogens with one attached hydrogen (secondary N) is 1. The van der Waals surface area contributed by atoms with Crippen molar-refractivity contribution < 1.29 is 4.74 Å². The first-order valence-corrected chi connectivity index (χ1v) is 7.89. The third-order valence-electron chi connectivity index (χ3n) is 4.17. The smallest absolute Gasteiger partial charge is 0.0594 e. The fourth-order valence-corrected chi connectivity index (χ4v) is 3.00. The van der Waals surface area contributed by atoms with Gasteiger partial charge >= 0.3 is 0 Å². The van der Waals surface area contributed by atoms with Gasteiger partial charge in [-0.2, -0.15) is 0 Å². The lowest BCUT2D eigenvalue weighted by molar-refractivity contribution is 0.0335. The fraction of sp³-hybridized carbons (Fsp3) is 0.444. The van der Waals surface area contributed by atoms with E-state index in [0.717, 1.165) is 39.4 Å². The van der Waals surface area contributed by atoms with Crippen molar-refractivity contribution in [3.05, 3.63) is 48.0 Å². The number of hydrogen-bond donors (Lipinski definition) is 1. The molecule has 0 bridgehead atoms. The van der Waals surface area contributed by atoms with Crippen molar-refractivity contribution in [2.24, 2.45) is 0 Å². The molecule has 1 aliphatic heterocycles. The van der Waals surface area contributed by atoms with Gasteiger partial charge in [-0.25, -0.2) is 0 Å². The minimum Gasteiger partial charge on any atom is -0.379 e. The summed E-state index contributed by atoms with van der Waals surface area (Å²) >= 11 is 0. The number of hydrogen-bond acceptors (Lipinski definition) is 3. The molecule has 0 spiro atoms. The second kappa shape index (κ2) is 7.03. The first kappa shape index (κ1) is 14.5. The van der Waals surface area contributed by atoms with Gasteiger partial charge in [0.05, 0.1) is 13.2 Å². The Kier molecular flexibility index (Phi) is 4.86. The summed E-state index contributed by atoms with van der Waals surface area (Å²) < 4.78 is 5.44. The van der Waals surface area contributed by atoms with Gasteiger partial charge in [0.15, 0.2) is 0 Å². The molecule has 1 N–H and O–H groups in total. The molecule has 2 aromatic carbocycles. The molecular weight excluding hydrogens is 260 g/mol. The molecule has 3 rings (SSSR count). The summed E-state index contributed by atoms with van der Waals surface area (Å²) in [6.07, 6.45) is 0. The van der Waals surface area contributed by atoms with E-state index in [2.05, 4.69) is 59.6 Å². The van der Waals surface area contributed by atoms with E-state index < -0.39 is 0 Å². The van der Waals surface area contributed by atoms with Crippen LogP contribution in [0.3, 0.4) is 0 Å². The lowest BCUT2D eigenvalue weighted by Gasteiger charge is -2.31. The Balaban J connectivity index is 1.80. The van der Waals surface area contributed by atoms with E-state index in [1.54, 1.807) is 0 Å². The molecule has 1 heterocycles. The van der Waals surface area contributed by atoms with Crippen LogP contribution in [0.1, 0.15) is 18.5 Å². The van der Waals surface area contributed by atoms with Gasteiger partial charge in [0, 0.05) is 25.7 Å². The van der Waals surface area contributed by atoms with Gasteiger partial charge in [0.2, 0.25) is 0 Å². The van der Waals surface area contributed by atoms with Gasteiger partial charge in [-0.15, -0.1) is 0 Å². The highest BCUT2D eigenvalue weighted by molar-refractivity contribution is 5.83. The van der Waals surface area contributed by atoms with Crippen LogP contribution < -0.4 is 5.32 Å². The Morgan fingerprint density at radius 3 is 2.62 bits per heavy atom. The van der Waals surface area contributed by atoms with Crippen LogP contribution in [0.2, 0.25) is 0 Å². The molecule has 0 radical (unpaired) electrons. The molecule has 2 aromatic rings. The Hall–Kier alpha value is -1.42. The maximum absolute atomic E-state index is 5.44. The van der Waals surface area contributed by atoms with Crippen LogP contribution >= 0.6 is 0 Å². The molecule has 1 atom stereocenters. The Morgan fingerprint density at radius 2 is 1.86 bits per heavy atom. The molecule has 1 unspecified atom stereocenters. The van der Waals surface area contributed by atoms with E-state index in [1.807, 2.05) is 0 Å². The zero-order valence-electron chi connectivity index (χ0n) is 12.7. The largest absolute Gasteiger partial charge is 0.379 e. The minimum atomic E-state index is 0.387. The molecule has 0 amide bonds. The SMILES string of the molecule is CCNC(CN1CCOCC1)c1ccc2ccccc2c1. The van der Waals surface area contributed by atoms with Gasteiger partial charge in [0.1, 0.15) is 0 Å². The van der Waals surface area contributed by atoms with Crippen molar-refractivity contribution in [2.45, 2.75) is 13.0 Å². The van der Waals surface area contributed by atoms with Crippen molar-refractivity contribution in [1.29, 1.82) is 0 Å². The maximum Gasteiger partial charge on any atom is 0.0594 e. The summed E-state index contributed by atoms with van der Waals surface area (Å²) in [5.41, 5.74) is 1.38. The van der Waals surface area contributed by atoms with E-state index in [1.165, 1.54) is 16.3 Å². The van der Waals surface area contributed by atoms with Gasteiger partial charge in [-0.05, 0) is 28.9 Å². The third-order valence-corrected chi connectivity index (χ3v) is 4.17. The van der Waals surface area contributed by atoms with E-state index >= 15 is 0 Å². The fourth-order valence-electron chi connectivity index (χ4n) is 3.00. The van der Waals surface area contributed by atoms with Gasteiger partial charge in [0.25, 0.3) is 0 Å². The first-order chi connectivity index (χ1) is 10.4. The monoisotopic (exact) mass is 284 g/mol. The normalized spacial score (nSPS) is 18.0. The van der Waals surface area contributed by atoms with Crippen LogP contribution in [-0.2, 0) is 4.74 Å². The predicted molar refractivity (Wildman–Crippen MR) is 87.6 cm³/mol. The standard InChI is InChI=1S/C18H24N2O/c1-2-19-18(14-20-9-11-21-12-10-20)17-8-7-15-5-3-4-6-16(15)13-17/h3-8,13,18-19H,2,9-12,14H2,1H3. The molecule has 0 saturated carbocycles. The summed E-state index contributed by atoms with van der Waals surface area (Å²) in [5.74, 6) is 0. The second-order valence-corrected chi connectivity index (χ2v) is 5.63. The number of rotatable bonds is 5. The number of benzene rings is 2. The van der Waals surface area contributed by atoms with Crippen molar-refractivity contribution in [2.75, 3.05) is 39.4 Å². The van der Waals surface area contributed by atoms with Gasteiger partial charge in [-0.3, -0.25) is 4.90 Å². The van der Waals surface area contributed by atoms with Crippen molar-refractivity contribution in [1.82, 2.24) is 10.2 Å². The summed E-state index contributed by atoms with van der Waals surface area (Å²) in [5, 5.41) is 6.26. The zero-order valence-corrected chi connectivity index (χ0v) is 12.7. The third kappa shape index (κ3) is 3.62. The van der Waals surface area contributed by atoms with Gasteiger partial charge in [-0.1, -0.05) is 43.3 Å². The molecule has 21 heavy (non-hydrogen) atoms. The molecule has 1 aliphatic rings. The quantitative estimate of drug-likeness (QED) is 0.914. The van der Waals surface area contributed by atoms with Crippen LogP contribution in [-0.4, -0.2) is 44.3 Å². The highest BCUT2D eigenvalue weighted by Gasteiger charge is 2.17. The van der Waals surface area contributed by atoms with Crippen molar-refractivity contribution in [3.8, 4) is 0 Å². The topological polar surface area (TPSA) is 24.5 Å². The van der Waals surface area contributed by atoms with E-state index in [4.69, 9.17) is 4.74 Å². The highest BCUT2D eigenvalue weighted by atomic mass is 16.5. The lowest BCUT2D eigenvalue weighted by atomic mass is 10.0. The van der Waals surface area contributed by atoms with Gasteiger partial charge < -0.3 is 10.1 Å². The van der Waals surface area contributed by atoms with Crippen molar-refractivity contribution in [3.63, 3.8) is 0 Å². The average molecular weight is 284 g/mol. The van der Waals surface area contributed by atoms with E-state index in [0.29, 0.717) is 6.04 Å². The summed E-state index contributed by atoms with van der Waals surface area (Å²) in [4.78, 5) is 2.49. The molecule has 3 nitrogen and oxygen atoms in total. The number of likely N-dealkylation sites (N-methyl/N-ethyl adjacent to an activating group) is 1. The molecular formula is C18H24N2O. The molecule has 1 fully saturated rings. The first-order valence-electron chi connectivity index (χ1n) is 7.89. The van der Waals surface area contributed by atoms with Crippen LogP contribution in [0, 0.1) is 0 Å². The highest BCUT2D eigenvalue weighted by Crippen LogP contribution is 2.21. The average Bonchev–Trinajstić information content (AvgIpc) is 2.55. The molecule has 0 aromatic heterocycles. The second-order valence-electron chi connectivity index (χ2n) is 5.63. The van der Waals surface area contributed by atoms with E-state index in [-0.39, 0.29) is 0 Å². The summed E-state index contributed by atoms with van der Waals surface area (Å²) in [6.45, 7) is 8.00. The summed E-state index contributed by atoms with van der Waals surface area (Å²) in [7, 11) is 0. The molecule has 1 saturated heterocycles. The molecule has 112 valence electrons. The Labute approximate surface area is 126 Å². The predicted octanol–water partition coefficient (Wildman–Crippen LogP) is 2.82. The minimum absolute atomic E-state index is 0.387. The zero-order chi connectivity index (χ0) is 14.5. The van der Waals surface area contributed by atoms with Crippen LogP contribution in [0.25, 0.3) is 10.8 Å². The summed E-state index contributed by atoms with van der Waals surface area (Å²) in [6, 6.07) is 15.8. The molecule has 0 aliphatic carbocycles. The Morgan fingerprint density at radius 1 is 1.10 bits per heavy atom. The number of ether oxygens (including phenoxy) is 1. The number of morpholine rings is 1. The Bertz CT molecular complexity index is 578. The molecule has 3 heteroatoms. The van der Waals surface area contributed by atoms with Crippen LogP contribution in [0.5, 0.6) is 0 Å². The maximum atomic E-state index is 5.44.